The molecule has 1 aromatic heterocycles. The van der Waals surface area contributed by atoms with E-state index < -0.39 is 12.0 Å². The number of nitrogens with zero attached hydrogens (tertiary/aromatic N) is 2. The molecule has 128 valence electrons. The summed E-state index contributed by atoms with van der Waals surface area (Å²) in [5, 5.41) is 8.97. The lowest BCUT2D eigenvalue weighted by molar-refractivity contribution is -0.0362. The van der Waals surface area contributed by atoms with Gasteiger partial charge in [0, 0.05) is 13.1 Å². The Morgan fingerprint density at radius 3 is 2.75 bits per heavy atom. The number of H-pyrrole nitrogens is 1. The van der Waals surface area contributed by atoms with Gasteiger partial charge in [0.25, 0.3) is 5.91 Å². The lowest BCUT2D eigenvalue weighted by Gasteiger charge is -2.31. The second-order valence-electron chi connectivity index (χ2n) is 5.94. The van der Waals surface area contributed by atoms with E-state index in [1.807, 2.05) is 13.0 Å². The lowest BCUT2D eigenvalue weighted by atomic mass is 10.1. The quantitative estimate of drug-likeness (QED) is 0.789. The largest absolute Gasteiger partial charge is 0.465 e. The minimum absolute atomic E-state index is 0.0144. The average molecular weight is 332 g/mol. The number of rotatable bonds is 4. The van der Waals surface area contributed by atoms with Crippen molar-refractivity contribution in [2.45, 2.75) is 32.0 Å². The normalized spacial score (nSPS) is 17.1. The fourth-order valence-corrected chi connectivity index (χ4v) is 2.98. The number of nitrogens with two attached hydrogens (primary N) is 1. The molecule has 8 heteroatoms. The van der Waals surface area contributed by atoms with Crippen LogP contribution in [0, 0.1) is 0 Å². The molecule has 2 amide bonds. The maximum absolute atomic E-state index is 11.5. The number of aromatic amines is 1. The number of likely N-dealkylation sites (tertiary alicyclic amines) is 1. The molecule has 1 fully saturated rings. The number of nitrogens with one attached hydrogen (secondary N) is 1. The number of carbonyl (C=O) groups is 2. The Morgan fingerprint density at radius 1 is 1.42 bits per heavy atom. The van der Waals surface area contributed by atoms with Gasteiger partial charge in [-0.2, -0.15) is 0 Å². The Bertz CT molecular complexity index is 765. The van der Waals surface area contributed by atoms with E-state index in [1.54, 1.807) is 12.1 Å². The number of fused-ring (bicyclic) bond motifs is 1. The third-order valence-electron chi connectivity index (χ3n) is 4.29. The van der Waals surface area contributed by atoms with E-state index in [0.717, 1.165) is 5.52 Å². The zero-order chi connectivity index (χ0) is 17.3. The van der Waals surface area contributed by atoms with Crippen LogP contribution in [-0.2, 0) is 4.74 Å². The molecule has 2 heterocycles. The topological polar surface area (TPSA) is 122 Å². The molecule has 0 radical (unpaired) electrons. The predicted molar refractivity (Wildman–Crippen MR) is 86.7 cm³/mol. The first-order chi connectivity index (χ1) is 11.5. The zero-order valence-electron chi connectivity index (χ0n) is 13.4. The van der Waals surface area contributed by atoms with Gasteiger partial charge in [-0.25, -0.2) is 9.78 Å². The van der Waals surface area contributed by atoms with Gasteiger partial charge >= 0.3 is 6.09 Å². The summed E-state index contributed by atoms with van der Waals surface area (Å²) in [6.07, 6.45) is 0.115. The predicted octanol–water partition coefficient (Wildman–Crippen LogP) is 1.88. The van der Waals surface area contributed by atoms with Crippen LogP contribution >= 0.6 is 0 Å². The molecule has 0 saturated carbocycles. The Labute approximate surface area is 138 Å². The van der Waals surface area contributed by atoms with Gasteiger partial charge < -0.3 is 25.5 Å². The monoisotopic (exact) mass is 332 g/mol. The smallest absolute Gasteiger partial charge is 0.407 e. The number of amides is 2. The van der Waals surface area contributed by atoms with Crippen molar-refractivity contribution in [3.05, 3.63) is 29.6 Å². The van der Waals surface area contributed by atoms with Gasteiger partial charge in [0.2, 0.25) is 0 Å². The lowest BCUT2D eigenvalue weighted by Crippen LogP contribution is -2.40. The minimum Gasteiger partial charge on any atom is -0.465 e. The van der Waals surface area contributed by atoms with Gasteiger partial charge in [-0.3, -0.25) is 4.79 Å². The highest BCUT2D eigenvalue weighted by molar-refractivity contribution is 6.04. The highest BCUT2D eigenvalue weighted by Crippen LogP contribution is 2.25. The molecule has 1 aromatic carbocycles. The van der Waals surface area contributed by atoms with Crippen LogP contribution < -0.4 is 5.73 Å². The first-order valence-electron chi connectivity index (χ1n) is 7.87. The maximum atomic E-state index is 11.5. The van der Waals surface area contributed by atoms with Crippen molar-refractivity contribution in [3.8, 4) is 0 Å². The van der Waals surface area contributed by atoms with Crippen LogP contribution in [0.15, 0.2) is 18.2 Å². The summed E-state index contributed by atoms with van der Waals surface area (Å²) in [7, 11) is 0. The summed E-state index contributed by atoms with van der Waals surface area (Å²) >= 11 is 0. The van der Waals surface area contributed by atoms with Crippen LogP contribution in [0.2, 0.25) is 0 Å². The van der Waals surface area contributed by atoms with Gasteiger partial charge in [0.1, 0.15) is 17.4 Å². The summed E-state index contributed by atoms with van der Waals surface area (Å²) in [6.45, 7) is 2.82. The molecule has 0 aliphatic carbocycles. The number of carbonyl (C=O) groups excluding carboxylic acids is 1. The van der Waals surface area contributed by atoms with Gasteiger partial charge in [0.05, 0.1) is 17.2 Å². The van der Waals surface area contributed by atoms with Crippen molar-refractivity contribution in [1.29, 1.82) is 0 Å². The molecule has 0 bridgehead atoms. The van der Waals surface area contributed by atoms with E-state index in [0.29, 0.717) is 42.8 Å². The molecule has 1 atom stereocenters. The van der Waals surface area contributed by atoms with Gasteiger partial charge in [0.15, 0.2) is 0 Å². The number of hydrogen-bond donors (Lipinski definition) is 3. The van der Waals surface area contributed by atoms with E-state index in [4.69, 9.17) is 15.6 Å². The molecule has 2 aromatic rings. The van der Waals surface area contributed by atoms with Crippen LogP contribution in [-0.4, -0.2) is 51.2 Å². The highest BCUT2D eigenvalue weighted by atomic mass is 16.5. The van der Waals surface area contributed by atoms with Crippen LogP contribution in [0.3, 0.4) is 0 Å². The molecule has 1 aliphatic rings. The van der Waals surface area contributed by atoms with Gasteiger partial charge in [-0.05, 0) is 31.9 Å². The van der Waals surface area contributed by atoms with Crippen LogP contribution in [0.4, 0.5) is 4.79 Å². The third-order valence-corrected chi connectivity index (χ3v) is 4.29. The number of benzene rings is 1. The maximum Gasteiger partial charge on any atom is 0.407 e. The average Bonchev–Trinajstić information content (AvgIpc) is 2.99. The molecule has 3 rings (SSSR count). The Kier molecular flexibility index (Phi) is 4.39. The molecule has 0 spiro atoms. The minimum atomic E-state index is -0.891. The van der Waals surface area contributed by atoms with Crippen molar-refractivity contribution < 1.29 is 19.4 Å². The second kappa shape index (κ2) is 6.48. The zero-order valence-corrected chi connectivity index (χ0v) is 13.4. The first kappa shape index (κ1) is 16.3. The third kappa shape index (κ3) is 3.18. The van der Waals surface area contributed by atoms with E-state index in [2.05, 4.69) is 9.97 Å². The molecule has 4 N–H and O–H groups in total. The Hall–Kier alpha value is -2.61. The fraction of sp³-hybridized carbons (Fsp3) is 0.438. The SMILES string of the molecule is CC(OC1CCN(C(=O)O)CC1)c1nc2c(C(N)=O)cccc2[nH]1. The van der Waals surface area contributed by atoms with Crippen LogP contribution in [0.25, 0.3) is 11.0 Å². The molecular formula is C16H20N4O4. The van der Waals surface area contributed by atoms with Crippen molar-refractivity contribution in [3.63, 3.8) is 0 Å². The number of para-hydroxylation sites is 1. The van der Waals surface area contributed by atoms with Gasteiger partial charge in [-0.1, -0.05) is 6.07 Å². The van der Waals surface area contributed by atoms with Crippen molar-refractivity contribution in [1.82, 2.24) is 14.9 Å². The van der Waals surface area contributed by atoms with E-state index >= 15 is 0 Å². The fourth-order valence-electron chi connectivity index (χ4n) is 2.98. The standard InChI is InChI=1S/C16H20N4O4/c1-9(24-10-5-7-20(8-6-10)16(22)23)15-18-12-4-2-3-11(14(17)21)13(12)19-15/h2-4,9-10H,5-8H2,1H3,(H2,17,21)(H,18,19)(H,22,23). The first-order valence-corrected chi connectivity index (χ1v) is 7.87. The van der Waals surface area contributed by atoms with Crippen molar-refractivity contribution >= 4 is 23.0 Å². The van der Waals surface area contributed by atoms with E-state index in [-0.39, 0.29) is 12.2 Å². The van der Waals surface area contributed by atoms with E-state index in [9.17, 15) is 9.59 Å². The van der Waals surface area contributed by atoms with Crippen molar-refractivity contribution in [2.75, 3.05) is 13.1 Å². The molecule has 1 aliphatic heterocycles. The number of imidazole rings is 1. The summed E-state index contributed by atoms with van der Waals surface area (Å²) in [5.74, 6) is 0.104. The molecule has 1 saturated heterocycles. The number of piperidine rings is 1. The van der Waals surface area contributed by atoms with Crippen LogP contribution in [0.5, 0.6) is 0 Å². The summed E-state index contributed by atoms with van der Waals surface area (Å²) in [6, 6.07) is 5.22. The number of primary amides is 1. The van der Waals surface area contributed by atoms with E-state index in [1.165, 1.54) is 4.90 Å². The molecule has 1 unspecified atom stereocenters. The number of ether oxygens (including phenoxy) is 1. The summed E-state index contributed by atoms with van der Waals surface area (Å²) < 4.78 is 6.01. The Morgan fingerprint density at radius 2 is 2.12 bits per heavy atom. The molecule has 24 heavy (non-hydrogen) atoms. The highest BCUT2D eigenvalue weighted by Gasteiger charge is 2.25. The van der Waals surface area contributed by atoms with Crippen LogP contribution in [0.1, 0.15) is 42.1 Å². The number of aromatic nitrogens is 2. The molecule has 8 nitrogen and oxygen atoms in total. The molecular weight excluding hydrogens is 312 g/mol. The van der Waals surface area contributed by atoms with Crippen molar-refractivity contribution in [2.24, 2.45) is 5.73 Å². The number of carboxylic acid groups (broad SMARTS) is 1. The summed E-state index contributed by atoms with van der Waals surface area (Å²) in [4.78, 5) is 31.4. The van der Waals surface area contributed by atoms with Gasteiger partial charge in [-0.15, -0.1) is 0 Å². The Balaban J connectivity index is 1.71. The number of hydrogen-bond acceptors (Lipinski definition) is 4. The second-order valence-corrected chi connectivity index (χ2v) is 5.94. The summed E-state index contributed by atoms with van der Waals surface area (Å²) in [5.41, 5.74) is 7.02.